The first-order chi connectivity index (χ1) is 9.42. The topological polar surface area (TPSA) is 66.5 Å². The van der Waals surface area contributed by atoms with Crippen molar-refractivity contribution in [2.24, 2.45) is 5.92 Å². The van der Waals surface area contributed by atoms with Gasteiger partial charge in [-0.25, -0.2) is 0 Å². The average molecular weight is 302 g/mol. The van der Waals surface area contributed by atoms with Gasteiger partial charge in [0, 0.05) is 31.0 Å². The molecule has 2 rings (SSSR count). The molecule has 1 heterocycles. The molecule has 20 heavy (non-hydrogen) atoms. The third kappa shape index (κ3) is 3.59. The molecule has 0 bridgehead atoms. The van der Waals surface area contributed by atoms with Crippen LogP contribution in [0.25, 0.3) is 0 Å². The van der Waals surface area contributed by atoms with E-state index >= 15 is 0 Å². The first-order valence-corrected chi connectivity index (χ1v) is 9.17. The van der Waals surface area contributed by atoms with E-state index in [2.05, 4.69) is 4.72 Å². The lowest BCUT2D eigenvalue weighted by molar-refractivity contribution is -0.126. The fourth-order valence-electron chi connectivity index (χ4n) is 3.41. The van der Waals surface area contributed by atoms with Crippen LogP contribution in [0.15, 0.2) is 0 Å². The minimum atomic E-state index is -3.47. The summed E-state index contributed by atoms with van der Waals surface area (Å²) in [6.07, 6.45) is 6.18. The molecule has 6 heteroatoms. The molecular weight excluding hydrogens is 276 g/mol. The first kappa shape index (κ1) is 15.9. The summed E-state index contributed by atoms with van der Waals surface area (Å²) in [6, 6.07) is -0.252. The lowest BCUT2D eigenvalue weighted by Crippen LogP contribution is -2.54. The number of hydrogen-bond donors (Lipinski definition) is 1. The summed E-state index contributed by atoms with van der Waals surface area (Å²) >= 11 is 0. The van der Waals surface area contributed by atoms with E-state index in [1.165, 1.54) is 0 Å². The van der Waals surface area contributed by atoms with Gasteiger partial charge in [-0.15, -0.1) is 0 Å². The highest BCUT2D eigenvalue weighted by atomic mass is 32.2. The number of rotatable bonds is 4. The summed E-state index contributed by atoms with van der Waals surface area (Å²) < 4.78 is 29.1. The van der Waals surface area contributed by atoms with Gasteiger partial charge >= 0.3 is 0 Å². The third-order valence-electron chi connectivity index (χ3n) is 4.26. The summed E-state index contributed by atoms with van der Waals surface area (Å²) in [6.45, 7) is 4.18. The molecule has 2 unspecified atom stereocenters. The Morgan fingerprint density at radius 2 is 1.85 bits per heavy atom. The molecule has 2 aliphatic rings. The van der Waals surface area contributed by atoms with Crippen molar-refractivity contribution in [3.63, 3.8) is 0 Å². The number of nitrogens with one attached hydrogen (secondary N) is 1. The summed E-state index contributed by atoms with van der Waals surface area (Å²) in [7, 11) is -3.47. The molecule has 0 aromatic rings. The Labute approximate surface area is 122 Å². The standard InChI is InChI=1S/C14H26N2O3S/c1-11(2)15-20(18,19)16-10-6-5-8-13(16)12-7-3-4-9-14(12)17/h11-13,15H,3-10H2,1-2H3. The van der Waals surface area contributed by atoms with E-state index in [1.807, 2.05) is 13.8 Å². The van der Waals surface area contributed by atoms with Crippen LogP contribution in [0, 0.1) is 5.92 Å². The molecule has 1 saturated carbocycles. The maximum absolute atomic E-state index is 12.5. The van der Waals surface area contributed by atoms with Crippen LogP contribution in [0.5, 0.6) is 0 Å². The molecule has 5 nitrogen and oxygen atoms in total. The third-order valence-corrected chi connectivity index (χ3v) is 6.10. The Morgan fingerprint density at radius 1 is 1.15 bits per heavy atom. The van der Waals surface area contributed by atoms with Crippen molar-refractivity contribution < 1.29 is 13.2 Å². The van der Waals surface area contributed by atoms with Crippen LogP contribution >= 0.6 is 0 Å². The molecule has 1 aliphatic carbocycles. The van der Waals surface area contributed by atoms with Gasteiger partial charge in [-0.1, -0.05) is 12.8 Å². The largest absolute Gasteiger partial charge is 0.299 e. The highest BCUT2D eigenvalue weighted by Crippen LogP contribution is 2.32. The molecule has 0 spiro atoms. The molecule has 116 valence electrons. The normalized spacial score (nSPS) is 29.9. The Morgan fingerprint density at radius 3 is 2.50 bits per heavy atom. The van der Waals surface area contributed by atoms with Gasteiger partial charge in [0.1, 0.15) is 5.78 Å². The van der Waals surface area contributed by atoms with Crippen LogP contribution in [0.1, 0.15) is 58.8 Å². The molecular formula is C14H26N2O3S. The van der Waals surface area contributed by atoms with Crippen molar-refractivity contribution in [2.75, 3.05) is 6.54 Å². The summed E-state index contributed by atoms with van der Waals surface area (Å²) in [4.78, 5) is 12.1. The van der Waals surface area contributed by atoms with Crippen LogP contribution in [0.3, 0.4) is 0 Å². The predicted molar refractivity (Wildman–Crippen MR) is 78.5 cm³/mol. The monoisotopic (exact) mass is 302 g/mol. The number of nitrogens with zero attached hydrogens (tertiary/aromatic N) is 1. The first-order valence-electron chi connectivity index (χ1n) is 7.73. The Kier molecular flexibility index (Phi) is 5.20. The molecule has 0 aromatic carbocycles. The van der Waals surface area contributed by atoms with Gasteiger partial charge in [0.05, 0.1) is 0 Å². The Bertz CT molecular complexity index is 447. The second-order valence-corrected chi connectivity index (χ2v) is 7.92. The van der Waals surface area contributed by atoms with E-state index in [0.29, 0.717) is 13.0 Å². The number of Topliss-reactive ketones (excluding diaryl/α,β-unsaturated/α-hetero) is 1. The molecule has 1 N–H and O–H groups in total. The van der Waals surface area contributed by atoms with Crippen LogP contribution in [0.2, 0.25) is 0 Å². The molecule has 0 aromatic heterocycles. The van der Waals surface area contributed by atoms with E-state index < -0.39 is 10.2 Å². The number of carbonyl (C=O) groups is 1. The molecule has 2 atom stereocenters. The number of piperidine rings is 1. The zero-order valence-electron chi connectivity index (χ0n) is 12.5. The molecule has 0 radical (unpaired) electrons. The molecule has 1 saturated heterocycles. The Hall–Kier alpha value is -0.460. The Balaban J connectivity index is 2.18. The smallest absolute Gasteiger partial charge is 0.279 e. The maximum atomic E-state index is 12.5. The van der Waals surface area contributed by atoms with Crippen molar-refractivity contribution in [1.29, 1.82) is 0 Å². The SMILES string of the molecule is CC(C)NS(=O)(=O)N1CCCCC1C1CCCCC1=O. The van der Waals surface area contributed by atoms with Crippen LogP contribution < -0.4 is 4.72 Å². The lowest BCUT2D eigenvalue weighted by Gasteiger charge is -2.40. The van der Waals surface area contributed by atoms with Crippen LogP contribution in [-0.2, 0) is 15.0 Å². The zero-order chi connectivity index (χ0) is 14.8. The van der Waals surface area contributed by atoms with Gasteiger partial charge in [-0.05, 0) is 39.5 Å². The highest BCUT2D eigenvalue weighted by molar-refractivity contribution is 7.87. The average Bonchev–Trinajstić information content (AvgIpc) is 2.38. The van der Waals surface area contributed by atoms with Crippen molar-refractivity contribution in [3.05, 3.63) is 0 Å². The van der Waals surface area contributed by atoms with Gasteiger partial charge in [0.15, 0.2) is 0 Å². The van der Waals surface area contributed by atoms with Crippen molar-refractivity contribution in [3.8, 4) is 0 Å². The summed E-state index contributed by atoms with van der Waals surface area (Å²) in [5.74, 6) is 0.167. The van der Waals surface area contributed by atoms with Crippen molar-refractivity contribution >= 4 is 16.0 Å². The van der Waals surface area contributed by atoms with Crippen molar-refractivity contribution in [2.45, 2.75) is 70.9 Å². The minimum Gasteiger partial charge on any atom is -0.299 e. The number of ketones is 1. The van der Waals surface area contributed by atoms with E-state index in [9.17, 15) is 13.2 Å². The quantitative estimate of drug-likeness (QED) is 0.861. The van der Waals surface area contributed by atoms with Gasteiger partial charge in [0.25, 0.3) is 10.2 Å². The van der Waals surface area contributed by atoms with Gasteiger partial charge in [-0.2, -0.15) is 17.4 Å². The molecule has 1 aliphatic heterocycles. The van der Waals surface area contributed by atoms with E-state index in [1.54, 1.807) is 4.31 Å². The fraction of sp³-hybridized carbons (Fsp3) is 0.929. The van der Waals surface area contributed by atoms with Crippen LogP contribution in [0.4, 0.5) is 0 Å². The minimum absolute atomic E-state index is 0.0900. The van der Waals surface area contributed by atoms with Gasteiger partial charge in [-0.3, -0.25) is 4.79 Å². The highest BCUT2D eigenvalue weighted by Gasteiger charge is 2.40. The fourth-order valence-corrected chi connectivity index (χ4v) is 5.12. The molecule has 0 amide bonds. The second kappa shape index (κ2) is 6.54. The molecule has 2 fully saturated rings. The summed E-state index contributed by atoms with van der Waals surface area (Å²) in [5, 5.41) is 0. The number of carbonyl (C=O) groups excluding carboxylic acids is 1. The van der Waals surface area contributed by atoms with E-state index in [0.717, 1.165) is 38.5 Å². The zero-order valence-corrected chi connectivity index (χ0v) is 13.3. The lowest BCUT2D eigenvalue weighted by atomic mass is 9.80. The van der Waals surface area contributed by atoms with E-state index in [-0.39, 0.29) is 23.8 Å². The van der Waals surface area contributed by atoms with Gasteiger partial charge in [0.2, 0.25) is 0 Å². The predicted octanol–water partition coefficient (Wildman–Crippen LogP) is 1.84. The van der Waals surface area contributed by atoms with Crippen molar-refractivity contribution in [1.82, 2.24) is 9.03 Å². The van der Waals surface area contributed by atoms with Gasteiger partial charge < -0.3 is 0 Å². The maximum Gasteiger partial charge on any atom is 0.279 e. The van der Waals surface area contributed by atoms with Crippen LogP contribution in [-0.4, -0.2) is 37.1 Å². The van der Waals surface area contributed by atoms with E-state index in [4.69, 9.17) is 0 Å². The number of hydrogen-bond acceptors (Lipinski definition) is 3. The summed E-state index contributed by atoms with van der Waals surface area (Å²) in [5.41, 5.74) is 0. The second-order valence-electron chi connectivity index (χ2n) is 6.27.